The Kier molecular flexibility index (Phi) is 6.61. The van der Waals surface area contributed by atoms with Gasteiger partial charge in [0.25, 0.3) is 0 Å². The third kappa shape index (κ3) is 6.55. The summed E-state index contributed by atoms with van der Waals surface area (Å²) in [4.78, 5) is 7.21. The largest absolute Gasteiger partial charge is 0.383 e. The standard InChI is InChI=1S/C17H29N3O/c1-14(2)12-20(9-10-21-3)13-17-6-4-5-16(19-17)11-18-15-7-8-15/h4-6,14-15,18H,7-13H2,1-3H3. The van der Waals surface area contributed by atoms with Crippen LogP contribution in [0, 0.1) is 5.92 Å². The maximum absolute atomic E-state index is 5.22. The fourth-order valence-electron chi connectivity index (χ4n) is 2.45. The number of pyridine rings is 1. The van der Waals surface area contributed by atoms with E-state index in [4.69, 9.17) is 9.72 Å². The van der Waals surface area contributed by atoms with Crippen molar-refractivity contribution in [3.8, 4) is 0 Å². The predicted molar refractivity (Wildman–Crippen MR) is 86.1 cm³/mol. The number of aromatic nitrogens is 1. The summed E-state index contributed by atoms with van der Waals surface area (Å²) in [5.41, 5.74) is 2.30. The van der Waals surface area contributed by atoms with Crippen molar-refractivity contribution in [3.05, 3.63) is 29.6 Å². The van der Waals surface area contributed by atoms with Gasteiger partial charge >= 0.3 is 0 Å². The molecule has 0 unspecified atom stereocenters. The smallest absolute Gasteiger partial charge is 0.0589 e. The van der Waals surface area contributed by atoms with Gasteiger partial charge in [0.05, 0.1) is 18.0 Å². The first-order chi connectivity index (χ1) is 10.2. The highest BCUT2D eigenvalue weighted by Crippen LogP contribution is 2.19. The van der Waals surface area contributed by atoms with E-state index >= 15 is 0 Å². The second-order valence-corrected chi connectivity index (χ2v) is 6.40. The monoisotopic (exact) mass is 291 g/mol. The lowest BCUT2D eigenvalue weighted by Crippen LogP contribution is -2.31. The van der Waals surface area contributed by atoms with E-state index in [0.717, 1.165) is 50.2 Å². The third-order valence-corrected chi connectivity index (χ3v) is 3.63. The molecule has 4 nitrogen and oxygen atoms in total. The van der Waals surface area contributed by atoms with E-state index in [1.165, 1.54) is 12.8 Å². The van der Waals surface area contributed by atoms with Gasteiger partial charge in [0.15, 0.2) is 0 Å². The molecule has 0 aliphatic heterocycles. The summed E-state index contributed by atoms with van der Waals surface area (Å²) in [5.74, 6) is 0.654. The number of methoxy groups -OCH3 is 1. The molecular weight excluding hydrogens is 262 g/mol. The van der Waals surface area contributed by atoms with Crippen LogP contribution in [0.3, 0.4) is 0 Å². The minimum absolute atomic E-state index is 0.654. The van der Waals surface area contributed by atoms with Crippen LogP contribution in [0.1, 0.15) is 38.1 Å². The van der Waals surface area contributed by atoms with Crippen molar-refractivity contribution >= 4 is 0 Å². The summed E-state index contributed by atoms with van der Waals surface area (Å²) in [6.45, 7) is 9.11. The third-order valence-electron chi connectivity index (χ3n) is 3.63. The zero-order valence-electron chi connectivity index (χ0n) is 13.6. The normalized spacial score (nSPS) is 15.1. The van der Waals surface area contributed by atoms with Crippen LogP contribution >= 0.6 is 0 Å². The molecule has 0 radical (unpaired) electrons. The Morgan fingerprint density at radius 2 is 2.10 bits per heavy atom. The van der Waals surface area contributed by atoms with E-state index in [2.05, 4.69) is 42.3 Å². The van der Waals surface area contributed by atoms with Gasteiger partial charge in [-0.15, -0.1) is 0 Å². The Bertz CT molecular complexity index is 418. The van der Waals surface area contributed by atoms with Gasteiger partial charge < -0.3 is 10.1 Å². The molecule has 4 heteroatoms. The van der Waals surface area contributed by atoms with Crippen molar-refractivity contribution in [2.45, 2.75) is 45.8 Å². The number of rotatable bonds is 10. The summed E-state index contributed by atoms with van der Waals surface area (Å²) in [5, 5.41) is 3.52. The fraction of sp³-hybridized carbons (Fsp3) is 0.706. The second kappa shape index (κ2) is 8.47. The van der Waals surface area contributed by atoms with Crippen LogP contribution in [-0.4, -0.2) is 42.7 Å². The highest BCUT2D eigenvalue weighted by molar-refractivity contribution is 5.11. The van der Waals surface area contributed by atoms with Crippen LogP contribution in [0.25, 0.3) is 0 Å². The molecule has 1 aliphatic carbocycles. The van der Waals surface area contributed by atoms with Crippen molar-refractivity contribution < 1.29 is 4.74 Å². The average molecular weight is 291 g/mol. The topological polar surface area (TPSA) is 37.4 Å². The number of nitrogens with one attached hydrogen (secondary N) is 1. The van der Waals surface area contributed by atoms with E-state index in [1.807, 2.05) is 0 Å². The minimum atomic E-state index is 0.654. The molecule has 1 fully saturated rings. The Morgan fingerprint density at radius 1 is 1.33 bits per heavy atom. The summed E-state index contributed by atoms with van der Waals surface area (Å²) in [6, 6.07) is 7.09. The molecule has 118 valence electrons. The summed E-state index contributed by atoms with van der Waals surface area (Å²) in [6.07, 6.45) is 2.64. The van der Waals surface area contributed by atoms with E-state index in [9.17, 15) is 0 Å². The minimum Gasteiger partial charge on any atom is -0.383 e. The molecule has 0 saturated heterocycles. The SMILES string of the molecule is COCCN(Cc1cccc(CNC2CC2)n1)CC(C)C. The number of ether oxygens (including phenoxy) is 1. The second-order valence-electron chi connectivity index (χ2n) is 6.40. The first-order valence-corrected chi connectivity index (χ1v) is 8.07. The van der Waals surface area contributed by atoms with Gasteiger partial charge in [-0.3, -0.25) is 9.88 Å². The molecule has 1 aliphatic rings. The summed E-state index contributed by atoms with van der Waals surface area (Å²) < 4.78 is 5.22. The molecule has 0 amide bonds. The van der Waals surface area contributed by atoms with E-state index in [1.54, 1.807) is 7.11 Å². The predicted octanol–water partition coefficient (Wildman–Crippen LogP) is 2.44. The van der Waals surface area contributed by atoms with Crippen LogP contribution in [-0.2, 0) is 17.8 Å². The summed E-state index contributed by atoms with van der Waals surface area (Å²) in [7, 11) is 1.76. The van der Waals surface area contributed by atoms with Crippen molar-refractivity contribution in [1.29, 1.82) is 0 Å². The first-order valence-electron chi connectivity index (χ1n) is 8.07. The quantitative estimate of drug-likeness (QED) is 0.718. The van der Waals surface area contributed by atoms with E-state index < -0.39 is 0 Å². The highest BCUT2D eigenvalue weighted by Gasteiger charge is 2.20. The van der Waals surface area contributed by atoms with Crippen LogP contribution in [0.5, 0.6) is 0 Å². The van der Waals surface area contributed by atoms with Crippen LogP contribution in [0.2, 0.25) is 0 Å². The molecule has 0 spiro atoms. The lowest BCUT2D eigenvalue weighted by Gasteiger charge is -2.23. The van der Waals surface area contributed by atoms with E-state index in [-0.39, 0.29) is 0 Å². The van der Waals surface area contributed by atoms with Gasteiger partial charge in [0.1, 0.15) is 0 Å². The lowest BCUT2D eigenvalue weighted by molar-refractivity contribution is 0.135. The molecule has 2 rings (SSSR count). The van der Waals surface area contributed by atoms with Crippen molar-refractivity contribution in [2.24, 2.45) is 5.92 Å². The van der Waals surface area contributed by atoms with Crippen LogP contribution in [0.15, 0.2) is 18.2 Å². The van der Waals surface area contributed by atoms with E-state index in [0.29, 0.717) is 5.92 Å². The molecule has 1 heterocycles. The Balaban J connectivity index is 1.89. The average Bonchev–Trinajstić information content (AvgIpc) is 3.26. The molecule has 21 heavy (non-hydrogen) atoms. The molecule has 1 N–H and O–H groups in total. The molecule has 1 aromatic heterocycles. The maximum atomic E-state index is 5.22. The molecule has 0 bridgehead atoms. The van der Waals surface area contributed by atoms with Gasteiger partial charge in [0.2, 0.25) is 0 Å². The zero-order valence-corrected chi connectivity index (χ0v) is 13.6. The fourth-order valence-corrected chi connectivity index (χ4v) is 2.45. The summed E-state index contributed by atoms with van der Waals surface area (Å²) >= 11 is 0. The number of nitrogens with zero attached hydrogens (tertiary/aromatic N) is 2. The molecule has 0 aromatic carbocycles. The van der Waals surface area contributed by atoms with Gasteiger partial charge in [-0.1, -0.05) is 19.9 Å². The van der Waals surface area contributed by atoms with Crippen molar-refractivity contribution in [3.63, 3.8) is 0 Å². The molecule has 0 atom stereocenters. The lowest BCUT2D eigenvalue weighted by atomic mass is 10.2. The van der Waals surface area contributed by atoms with Crippen molar-refractivity contribution in [2.75, 3.05) is 26.8 Å². The van der Waals surface area contributed by atoms with Gasteiger partial charge in [-0.05, 0) is 30.9 Å². The maximum Gasteiger partial charge on any atom is 0.0589 e. The van der Waals surface area contributed by atoms with Gasteiger partial charge in [-0.25, -0.2) is 0 Å². The first kappa shape index (κ1) is 16.4. The van der Waals surface area contributed by atoms with Crippen LogP contribution in [0.4, 0.5) is 0 Å². The molecular formula is C17H29N3O. The van der Waals surface area contributed by atoms with Gasteiger partial charge in [-0.2, -0.15) is 0 Å². The van der Waals surface area contributed by atoms with Crippen molar-refractivity contribution in [1.82, 2.24) is 15.2 Å². The Hall–Kier alpha value is -0.970. The molecule has 1 saturated carbocycles. The number of hydrogen-bond donors (Lipinski definition) is 1. The Labute approximate surface area is 128 Å². The number of hydrogen-bond acceptors (Lipinski definition) is 4. The molecule has 1 aromatic rings. The van der Waals surface area contributed by atoms with Crippen LogP contribution < -0.4 is 5.32 Å². The Morgan fingerprint density at radius 3 is 2.76 bits per heavy atom. The van der Waals surface area contributed by atoms with Gasteiger partial charge in [0, 0.05) is 39.3 Å². The highest BCUT2D eigenvalue weighted by atomic mass is 16.5. The zero-order chi connectivity index (χ0) is 15.1.